The SMILES string of the molecule is CNC(=O)OCCCOc1c(C(=O)N(C)C(C)C)cccc1[N+](=O)[O-]. The van der Waals surface area contributed by atoms with Gasteiger partial charge in [-0.15, -0.1) is 0 Å². The fourth-order valence-electron chi connectivity index (χ4n) is 1.88. The van der Waals surface area contributed by atoms with Gasteiger partial charge in [0.1, 0.15) is 0 Å². The monoisotopic (exact) mass is 353 g/mol. The van der Waals surface area contributed by atoms with Crippen molar-refractivity contribution >= 4 is 17.7 Å². The fraction of sp³-hybridized carbons (Fsp3) is 0.500. The predicted molar refractivity (Wildman–Crippen MR) is 90.8 cm³/mol. The second kappa shape index (κ2) is 9.45. The number of nitro groups is 1. The molecule has 1 aromatic rings. The van der Waals surface area contributed by atoms with E-state index in [0.29, 0.717) is 6.42 Å². The van der Waals surface area contributed by atoms with Crippen LogP contribution in [0.3, 0.4) is 0 Å². The molecule has 0 fully saturated rings. The molecule has 0 aliphatic rings. The number of nitrogens with one attached hydrogen (secondary N) is 1. The summed E-state index contributed by atoms with van der Waals surface area (Å²) in [5.74, 6) is -0.444. The van der Waals surface area contributed by atoms with E-state index in [1.807, 2.05) is 13.8 Å². The minimum Gasteiger partial charge on any atom is -0.486 e. The van der Waals surface area contributed by atoms with Gasteiger partial charge < -0.3 is 19.7 Å². The third-order valence-electron chi connectivity index (χ3n) is 3.49. The van der Waals surface area contributed by atoms with E-state index in [1.54, 1.807) is 7.05 Å². The normalized spacial score (nSPS) is 10.3. The highest BCUT2D eigenvalue weighted by molar-refractivity contribution is 5.98. The molecule has 0 heterocycles. The number of rotatable bonds is 8. The minimum atomic E-state index is -0.595. The topological polar surface area (TPSA) is 111 Å². The van der Waals surface area contributed by atoms with Crippen LogP contribution in [0.5, 0.6) is 5.75 Å². The molecule has 0 radical (unpaired) electrons. The molecule has 2 amide bonds. The van der Waals surface area contributed by atoms with E-state index in [0.717, 1.165) is 0 Å². The Morgan fingerprint density at radius 3 is 2.56 bits per heavy atom. The minimum absolute atomic E-state index is 0.0630. The third-order valence-corrected chi connectivity index (χ3v) is 3.49. The van der Waals surface area contributed by atoms with Crippen LogP contribution in [-0.4, -0.2) is 55.2 Å². The highest BCUT2D eigenvalue weighted by Crippen LogP contribution is 2.32. The molecule has 0 atom stereocenters. The average Bonchev–Trinajstić information content (AvgIpc) is 2.59. The van der Waals surface area contributed by atoms with Gasteiger partial charge in [-0.1, -0.05) is 6.07 Å². The molecule has 138 valence electrons. The maximum Gasteiger partial charge on any atom is 0.406 e. The molecule has 0 bridgehead atoms. The van der Waals surface area contributed by atoms with Crippen LogP contribution in [0.15, 0.2) is 18.2 Å². The number of ether oxygens (including phenoxy) is 2. The molecule has 9 nitrogen and oxygen atoms in total. The zero-order chi connectivity index (χ0) is 19.0. The second-order valence-corrected chi connectivity index (χ2v) is 5.51. The van der Waals surface area contributed by atoms with E-state index >= 15 is 0 Å². The molecule has 0 aliphatic carbocycles. The van der Waals surface area contributed by atoms with Gasteiger partial charge in [0.05, 0.1) is 23.7 Å². The van der Waals surface area contributed by atoms with Crippen molar-refractivity contribution in [2.75, 3.05) is 27.3 Å². The molecule has 0 unspecified atom stereocenters. The van der Waals surface area contributed by atoms with E-state index in [-0.39, 0.29) is 42.2 Å². The summed E-state index contributed by atoms with van der Waals surface area (Å²) >= 11 is 0. The van der Waals surface area contributed by atoms with E-state index in [4.69, 9.17) is 9.47 Å². The molecule has 0 aliphatic heterocycles. The highest BCUT2D eigenvalue weighted by atomic mass is 16.6. The summed E-state index contributed by atoms with van der Waals surface area (Å²) in [7, 11) is 3.06. The van der Waals surface area contributed by atoms with Crippen molar-refractivity contribution in [3.63, 3.8) is 0 Å². The van der Waals surface area contributed by atoms with Gasteiger partial charge in [0.15, 0.2) is 0 Å². The molecule has 1 rings (SSSR count). The van der Waals surface area contributed by atoms with Crippen LogP contribution in [0.25, 0.3) is 0 Å². The standard InChI is InChI=1S/C16H23N3O6/c1-11(2)18(4)15(20)12-7-5-8-13(19(22)23)14(12)24-9-6-10-25-16(21)17-3/h5,7-8,11H,6,9-10H2,1-4H3,(H,17,21). The Balaban J connectivity index is 2.92. The highest BCUT2D eigenvalue weighted by Gasteiger charge is 2.26. The number of amides is 2. The zero-order valence-electron chi connectivity index (χ0n) is 14.8. The first-order valence-corrected chi connectivity index (χ1v) is 7.81. The fourth-order valence-corrected chi connectivity index (χ4v) is 1.88. The molecule has 0 saturated carbocycles. The van der Waals surface area contributed by atoms with E-state index < -0.39 is 11.0 Å². The lowest BCUT2D eigenvalue weighted by Gasteiger charge is -2.22. The Morgan fingerprint density at radius 1 is 1.32 bits per heavy atom. The molecule has 0 spiro atoms. The molecule has 25 heavy (non-hydrogen) atoms. The summed E-state index contributed by atoms with van der Waals surface area (Å²) in [6.45, 7) is 3.83. The Hall–Kier alpha value is -2.84. The summed E-state index contributed by atoms with van der Waals surface area (Å²) in [6, 6.07) is 4.15. The molecule has 0 aromatic heterocycles. The second-order valence-electron chi connectivity index (χ2n) is 5.51. The summed E-state index contributed by atoms with van der Waals surface area (Å²) < 4.78 is 10.3. The number of hydrogen-bond acceptors (Lipinski definition) is 6. The maximum absolute atomic E-state index is 12.5. The first kappa shape index (κ1) is 20.2. The zero-order valence-corrected chi connectivity index (χ0v) is 14.8. The molecule has 0 saturated heterocycles. The number of carbonyl (C=O) groups excluding carboxylic acids is 2. The van der Waals surface area contributed by atoms with Crippen LogP contribution in [0.1, 0.15) is 30.6 Å². The first-order chi connectivity index (χ1) is 11.8. The van der Waals surface area contributed by atoms with Gasteiger partial charge in [-0.3, -0.25) is 14.9 Å². The Kier molecular flexibility index (Phi) is 7.64. The Morgan fingerprint density at radius 2 is 2.00 bits per heavy atom. The lowest BCUT2D eigenvalue weighted by Crippen LogP contribution is -2.33. The maximum atomic E-state index is 12.5. The van der Waals surface area contributed by atoms with Crippen molar-refractivity contribution in [3.8, 4) is 5.75 Å². The number of hydrogen-bond donors (Lipinski definition) is 1. The number of alkyl carbamates (subject to hydrolysis) is 1. The molecular weight excluding hydrogens is 330 g/mol. The van der Waals surface area contributed by atoms with Crippen molar-refractivity contribution < 1.29 is 24.0 Å². The first-order valence-electron chi connectivity index (χ1n) is 7.81. The predicted octanol–water partition coefficient (Wildman–Crippen LogP) is 2.20. The van der Waals surface area contributed by atoms with Gasteiger partial charge in [0.25, 0.3) is 5.91 Å². The lowest BCUT2D eigenvalue weighted by molar-refractivity contribution is -0.385. The van der Waals surface area contributed by atoms with Gasteiger partial charge in [-0.2, -0.15) is 0 Å². The van der Waals surface area contributed by atoms with E-state index in [1.165, 1.54) is 30.1 Å². The van der Waals surface area contributed by atoms with Crippen molar-refractivity contribution in [2.45, 2.75) is 26.3 Å². The van der Waals surface area contributed by atoms with Gasteiger partial charge >= 0.3 is 11.8 Å². The molecule has 1 aromatic carbocycles. The quantitative estimate of drug-likeness (QED) is 0.436. The molecule has 9 heteroatoms. The van der Waals surface area contributed by atoms with E-state index in [2.05, 4.69) is 5.32 Å². The van der Waals surface area contributed by atoms with Gasteiger partial charge in [-0.05, 0) is 19.9 Å². The van der Waals surface area contributed by atoms with E-state index in [9.17, 15) is 19.7 Å². The van der Waals surface area contributed by atoms with Crippen LogP contribution in [-0.2, 0) is 4.74 Å². The smallest absolute Gasteiger partial charge is 0.406 e. The Labute approximate surface area is 146 Å². The third kappa shape index (κ3) is 5.63. The lowest BCUT2D eigenvalue weighted by atomic mass is 10.1. The largest absolute Gasteiger partial charge is 0.486 e. The number of benzene rings is 1. The molecule has 1 N–H and O–H groups in total. The van der Waals surface area contributed by atoms with Gasteiger partial charge in [0, 0.05) is 32.6 Å². The molecular formula is C16H23N3O6. The van der Waals surface area contributed by atoms with Gasteiger partial charge in [-0.25, -0.2) is 4.79 Å². The van der Waals surface area contributed by atoms with Crippen LogP contribution >= 0.6 is 0 Å². The van der Waals surface area contributed by atoms with Crippen molar-refractivity contribution in [1.29, 1.82) is 0 Å². The Bertz CT molecular complexity index is 632. The summed E-state index contributed by atoms with van der Waals surface area (Å²) in [4.78, 5) is 35.6. The van der Waals surface area contributed by atoms with Gasteiger partial charge in [0.2, 0.25) is 5.75 Å². The van der Waals surface area contributed by atoms with Crippen LogP contribution < -0.4 is 10.1 Å². The van der Waals surface area contributed by atoms with Crippen LogP contribution in [0.2, 0.25) is 0 Å². The van der Waals surface area contributed by atoms with Crippen molar-refractivity contribution in [3.05, 3.63) is 33.9 Å². The summed E-state index contributed by atoms with van der Waals surface area (Å²) in [6.07, 6.45) is -0.243. The van der Waals surface area contributed by atoms with Crippen molar-refractivity contribution in [2.24, 2.45) is 0 Å². The van der Waals surface area contributed by atoms with Crippen LogP contribution in [0.4, 0.5) is 10.5 Å². The number of nitro benzene ring substituents is 1. The average molecular weight is 353 g/mol. The summed E-state index contributed by atoms with van der Waals surface area (Å²) in [5.41, 5.74) is -0.159. The number of para-hydroxylation sites is 1. The summed E-state index contributed by atoms with van der Waals surface area (Å²) in [5, 5.41) is 13.5. The van der Waals surface area contributed by atoms with Crippen molar-refractivity contribution in [1.82, 2.24) is 10.2 Å². The number of carbonyl (C=O) groups is 2. The number of nitrogens with zero attached hydrogens (tertiary/aromatic N) is 2. The van der Waals surface area contributed by atoms with Crippen LogP contribution in [0, 0.1) is 10.1 Å².